The number of thiophene rings is 2. The molecule has 14 aromatic rings. The Morgan fingerprint density at radius 1 is 0.606 bits per heavy atom. The molecule has 0 spiro atoms. The number of benzene rings is 3. The summed E-state index contributed by atoms with van der Waals surface area (Å²) in [4.78, 5) is 121. The molecule has 7 aliphatic heterocycles. The molecule has 676 valence electrons. The number of rotatable bonds is 24. The molecule has 0 radical (unpaired) electrons. The van der Waals surface area contributed by atoms with Crippen LogP contribution in [0.4, 0.5) is 40.6 Å². The van der Waals surface area contributed by atoms with E-state index in [4.69, 9.17) is 34.1 Å². The van der Waals surface area contributed by atoms with Gasteiger partial charge in [0.1, 0.15) is 70.0 Å². The van der Waals surface area contributed by atoms with Crippen LogP contribution in [0, 0.1) is 12.8 Å². The standard InChI is InChI=1S/C33H36N8O3S.C33H38N8O3.C32H31N9OS/c1-22-30(35-21-41(22)29-6-5-17-45-29)27-18-23-19-34-33(37-31(23)40(32(27)43)20-28(42)39-13-3-4-14-39)36-24-7-9-25(10-8-24)44-26-11-15-38(2)16-12-26;1-39-14-4-5-26(20-39)44-25-9-7-24(8-10-25)36-33-35-18-23-17-27(31-37-29(21-40(31)2)28-6-3-13-34-28)32(42)41(30(23)38-33)19-22-11-15-43-16-12-22;1-40(26-4-2-11-33-19-26)25-8-6-24(7-9-25)38-32-37-16-22-14-28(23-17-35-29(36-18-23)21-10-12-34-15-21)31(42)41(30(22)39-32)20-27-5-3-13-43-27/h5-10,17-19,21,26H,3-4,11-16,20H2,1-2H3,(H,34,36,37);6-10,13,17-18,21-22,26H,3-5,11-12,14-16,19-20H2,1-2H3,(H,35,36,38);3,5-10,13-18,26,33H,2,4,11-12,19-20H2,1H3,(H,37,38,39). The van der Waals surface area contributed by atoms with Crippen LogP contribution >= 0.6 is 22.7 Å². The molecular weight excluding hydrogens is 1700 g/mol. The average Bonchev–Trinajstić information content (AvgIpc) is 1.74. The first-order valence-corrected chi connectivity index (χ1v) is 47.0. The minimum atomic E-state index is -0.311. The van der Waals surface area contributed by atoms with E-state index >= 15 is 0 Å². The minimum absolute atomic E-state index is 0.0952. The number of carbonyl (C=O) groups excluding carboxylic acids is 1. The molecule has 34 heteroatoms. The highest BCUT2D eigenvalue weighted by molar-refractivity contribution is 7.12. The van der Waals surface area contributed by atoms with Gasteiger partial charge in [-0.15, -0.1) is 22.7 Å². The third-order valence-corrected chi connectivity index (χ3v) is 27.0. The van der Waals surface area contributed by atoms with Gasteiger partial charge in [0.2, 0.25) is 23.8 Å². The number of hydrogen-bond donors (Lipinski definition) is 4. The third kappa shape index (κ3) is 20.1. The van der Waals surface area contributed by atoms with Crippen molar-refractivity contribution in [1.82, 2.24) is 92.7 Å². The SMILES string of the molecule is CN(c1ccc(Nc2ncc3cc(-c4cnc(C5=CCN=C5)nc4)c(=O)n(Cc4cccs4)c3n2)cc1)C1CCCNC1.CN1CCCC(Oc2ccc(Nc3ncc4cc(-c5nc(C6=CCC=N6)cn5C)c(=O)n(CC5CCOCC5)c4n3)cc2)C1.Cc1c(-c2cc3cnc(Nc4ccc(OC5CCN(C)CC5)cc4)nc3n(CC(=O)N3CCCC3)c2=O)ncn1-c1cccs1. The van der Waals surface area contributed by atoms with Crippen molar-refractivity contribution >= 4 is 126 Å². The van der Waals surface area contributed by atoms with Crippen molar-refractivity contribution < 1.29 is 19.0 Å². The smallest absolute Gasteiger partial charge is 0.263 e. The molecule has 32 nitrogen and oxygen atoms in total. The lowest BCUT2D eigenvalue weighted by atomic mass is 10.00. The summed E-state index contributed by atoms with van der Waals surface area (Å²) >= 11 is 3.20. The van der Waals surface area contributed by atoms with Gasteiger partial charge in [-0.1, -0.05) is 18.2 Å². The summed E-state index contributed by atoms with van der Waals surface area (Å²) < 4.78 is 26.8. The summed E-state index contributed by atoms with van der Waals surface area (Å²) in [7, 11) is 8.33. The fourth-order valence-electron chi connectivity index (χ4n) is 17.9. The molecule has 132 heavy (non-hydrogen) atoms. The van der Waals surface area contributed by atoms with Crippen molar-refractivity contribution in [3.05, 3.63) is 235 Å². The zero-order valence-corrected chi connectivity index (χ0v) is 76.2. The van der Waals surface area contributed by atoms with Crippen molar-refractivity contribution in [1.29, 1.82) is 0 Å². The summed E-state index contributed by atoms with van der Waals surface area (Å²) in [6.07, 6.45) is 31.5. The third-order valence-electron chi connectivity index (χ3n) is 25.2. The first-order valence-electron chi connectivity index (χ1n) is 45.3. The van der Waals surface area contributed by atoms with Crippen molar-refractivity contribution in [3.8, 4) is 50.3 Å². The Bertz CT molecular complexity index is 6780. The number of nitrogens with one attached hydrogen (secondary N) is 4. The number of hydrogen-bond acceptors (Lipinski definition) is 28. The van der Waals surface area contributed by atoms with Gasteiger partial charge in [-0.05, 0) is 224 Å². The molecule has 21 rings (SSSR count). The van der Waals surface area contributed by atoms with Crippen LogP contribution in [-0.2, 0) is 36.2 Å². The molecule has 3 aromatic carbocycles. The highest BCUT2D eigenvalue weighted by atomic mass is 32.1. The van der Waals surface area contributed by atoms with Crippen molar-refractivity contribution in [2.24, 2.45) is 23.0 Å². The van der Waals surface area contributed by atoms with Gasteiger partial charge in [0.15, 0.2) is 5.82 Å². The number of fused-ring (bicyclic) bond motifs is 3. The predicted octanol–water partition coefficient (Wildman–Crippen LogP) is 14.3. The lowest BCUT2D eigenvalue weighted by Gasteiger charge is -2.33. The van der Waals surface area contributed by atoms with E-state index in [9.17, 15) is 19.2 Å². The number of likely N-dealkylation sites (tertiary alicyclic amines) is 3. The van der Waals surface area contributed by atoms with Gasteiger partial charge in [-0.3, -0.25) is 47.4 Å². The summed E-state index contributed by atoms with van der Waals surface area (Å²) in [6, 6.07) is 37.9. The van der Waals surface area contributed by atoms with Gasteiger partial charge in [-0.2, -0.15) is 15.0 Å². The van der Waals surface area contributed by atoms with E-state index in [1.807, 2.05) is 160 Å². The number of aromatic nitrogens is 15. The van der Waals surface area contributed by atoms with Gasteiger partial charge in [-0.25, -0.2) is 34.9 Å². The molecule has 4 N–H and O–H groups in total. The Morgan fingerprint density at radius 3 is 1.84 bits per heavy atom. The Morgan fingerprint density at radius 2 is 1.23 bits per heavy atom. The van der Waals surface area contributed by atoms with Crippen LogP contribution < -0.4 is 52.3 Å². The van der Waals surface area contributed by atoms with Crippen LogP contribution in [0.2, 0.25) is 0 Å². The van der Waals surface area contributed by atoms with Gasteiger partial charge in [0, 0.05) is 196 Å². The highest BCUT2D eigenvalue weighted by Gasteiger charge is 2.29. The molecule has 0 saturated carbocycles. The van der Waals surface area contributed by atoms with E-state index in [-0.39, 0.29) is 41.3 Å². The van der Waals surface area contributed by atoms with Gasteiger partial charge in [0.25, 0.3) is 16.7 Å². The van der Waals surface area contributed by atoms with Crippen LogP contribution in [-0.4, -0.2) is 217 Å². The Hall–Kier alpha value is -13.6. The second-order valence-electron chi connectivity index (χ2n) is 34.5. The molecule has 5 saturated heterocycles. The largest absolute Gasteiger partial charge is 0.490 e. The molecule has 2 atom stereocenters. The maximum absolute atomic E-state index is 14.2. The summed E-state index contributed by atoms with van der Waals surface area (Å²) in [5.41, 5.74) is 10.6. The fraction of sp³-hybridized carbons (Fsp3) is 0.347. The maximum atomic E-state index is 14.2. The number of aryl methyl sites for hydroxylation is 1. The van der Waals surface area contributed by atoms with Crippen molar-refractivity contribution in [3.63, 3.8) is 0 Å². The van der Waals surface area contributed by atoms with E-state index in [0.717, 1.165) is 169 Å². The minimum Gasteiger partial charge on any atom is -0.490 e. The van der Waals surface area contributed by atoms with E-state index < -0.39 is 0 Å². The number of piperidine rings is 3. The molecule has 18 heterocycles. The normalized spacial score (nSPS) is 17.3. The molecule has 5 fully saturated rings. The van der Waals surface area contributed by atoms with Crippen LogP contribution in [0.15, 0.2) is 206 Å². The van der Waals surface area contributed by atoms with Crippen LogP contribution in [0.1, 0.15) is 92.7 Å². The molecule has 0 aliphatic carbocycles. The Balaban J connectivity index is 0.000000128. The monoisotopic (exact) mass is 1810 g/mol. The average molecular weight is 1810 g/mol. The Labute approximate surface area is 770 Å². The topological polar surface area (TPSA) is 335 Å². The molecular formula is C98H105N25O7S2. The molecule has 0 bridgehead atoms. The van der Waals surface area contributed by atoms with Crippen LogP contribution in [0.5, 0.6) is 11.5 Å². The maximum Gasteiger partial charge on any atom is 0.263 e. The number of amides is 1. The summed E-state index contributed by atoms with van der Waals surface area (Å²) in [5.74, 6) is 4.28. The quantitative estimate of drug-likeness (QED) is 0.0436. The number of carbonyl (C=O) groups is 1. The second-order valence-corrected chi connectivity index (χ2v) is 36.5. The first-order chi connectivity index (χ1) is 64.5. The second kappa shape index (κ2) is 40.0. The van der Waals surface area contributed by atoms with Crippen LogP contribution in [0.25, 0.3) is 83.1 Å². The number of aliphatic imine (C=N–C) groups is 2. The molecule has 2 unspecified atom stereocenters. The molecule has 7 aliphatic rings. The van der Waals surface area contributed by atoms with E-state index in [1.165, 1.54) is 23.1 Å². The van der Waals surface area contributed by atoms with Crippen LogP contribution in [0.3, 0.4) is 0 Å². The number of pyridine rings is 3. The fourth-order valence-corrected chi connectivity index (χ4v) is 19.3. The number of allylic oxidation sites excluding steroid dienone is 2. The number of anilines is 7. The summed E-state index contributed by atoms with van der Waals surface area (Å²) in [6.45, 7) is 12.5. The zero-order chi connectivity index (χ0) is 90.1. The highest BCUT2D eigenvalue weighted by Crippen LogP contribution is 2.34. The number of likely N-dealkylation sites (N-methyl/N-ethyl adjacent to an activating group) is 2. The lowest BCUT2D eigenvalue weighted by Crippen LogP contribution is -2.44. The number of nitrogens with zero attached hydrogens (tertiary/aromatic N) is 21. The molecule has 1 amide bonds. The van der Waals surface area contributed by atoms with Crippen molar-refractivity contribution in [2.75, 3.05) is 114 Å². The van der Waals surface area contributed by atoms with E-state index in [0.29, 0.717) is 138 Å². The van der Waals surface area contributed by atoms with E-state index in [2.05, 4.69) is 109 Å². The van der Waals surface area contributed by atoms with Gasteiger partial charge < -0.3 is 59.6 Å². The number of imidazole rings is 2. The first kappa shape index (κ1) is 87.7. The summed E-state index contributed by atoms with van der Waals surface area (Å²) in [5, 5.41) is 20.6. The van der Waals surface area contributed by atoms with Gasteiger partial charge in [0.05, 0.1) is 41.2 Å². The van der Waals surface area contributed by atoms with Crippen molar-refractivity contribution in [2.45, 2.75) is 115 Å². The zero-order valence-electron chi connectivity index (χ0n) is 74.5. The predicted molar refractivity (Wildman–Crippen MR) is 521 cm³/mol. The number of ether oxygens (including phenoxy) is 3. The lowest BCUT2D eigenvalue weighted by molar-refractivity contribution is -0.130. The molecule has 11 aromatic heterocycles. The van der Waals surface area contributed by atoms with Gasteiger partial charge >= 0.3 is 0 Å². The Kier molecular flexibility index (Phi) is 26.6. The van der Waals surface area contributed by atoms with E-state index in [1.54, 1.807) is 81.4 Å².